The van der Waals surface area contributed by atoms with E-state index in [9.17, 15) is 24.3 Å². The maximum absolute atomic E-state index is 12.7. The Morgan fingerprint density at radius 2 is 1.39 bits per heavy atom. The fourth-order valence-electron chi connectivity index (χ4n) is 5.41. The Labute approximate surface area is 265 Å². The number of nitrogens with one attached hydrogen (secondary N) is 1. The van der Waals surface area contributed by atoms with Crippen LogP contribution < -0.4 is 14.8 Å². The van der Waals surface area contributed by atoms with E-state index in [4.69, 9.17) is 9.47 Å². The van der Waals surface area contributed by atoms with E-state index >= 15 is 0 Å². The van der Waals surface area contributed by atoms with Crippen LogP contribution in [0.5, 0.6) is 11.5 Å². The number of ether oxygens (including phenoxy) is 2. The number of hydrogen-bond donors (Lipinski definition) is 4. The number of rotatable bonds is 24. The third-order valence-electron chi connectivity index (χ3n) is 7.99. The molecule has 1 amide bonds. The van der Waals surface area contributed by atoms with Gasteiger partial charge in [0.15, 0.2) is 0 Å². The Morgan fingerprint density at radius 1 is 0.841 bits per heavy atom. The normalized spacial score (nSPS) is 13.0. The summed E-state index contributed by atoms with van der Waals surface area (Å²) in [6, 6.07) is 12.4. The third-order valence-corrected chi connectivity index (χ3v) is 8.84. The summed E-state index contributed by atoms with van der Waals surface area (Å²) in [6.07, 6.45) is 14.4. The lowest BCUT2D eigenvalue weighted by molar-refractivity contribution is -0.122. The highest BCUT2D eigenvalue weighted by Crippen LogP contribution is 2.36. The van der Waals surface area contributed by atoms with Crippen molar-refractivity contribution in [3.8, 4) is 11.5 Å². The number of aliphatic hydroxyl groups excluding tert-OH is 1. The largest absolute Gasteiger partial charge is 0.496 e. The Kier molecular flexibility index (Phi) is 18.4. The number of aliphatic hydroxyl groups is 1. The minimum absolute atomic E-state index is 0.211. The quantitative estimate of drug-likeness (QED) is 0.0692. The highest BCUT2D eigenvalue weighted by Gasteiger charge is 2.28. The highest BCUT2D eigenvalue weighted by atomic mass is 31.2. The second-order valence-electron chi connectivity index (χ2n) is 12.0. The average Bonchev–Trinajstić information content (AvgIpc) is 2.98. The highest BCUT2D eigenvalue weighted by molar-refractivity contribution is 7.51. The Hall–Kier alpha value is -2.38. The molecule has 2 aromatic carbocycles. The second kappa shape index (κ2) is 21.4. The number of aryl methyl sites for hydroxylation is 1. The topological polar surface area (TPSA) is 125 Å². The molecule has 0 aliphatic heterocycles. The number of methoxy groups -OCH3 is 1. The van der Waals surface area contributed by atoms with E-state index in [0.717, 1.165) is 41.7 Å². The smallest absolute Gasteiger partial charge is 0.328 e. The van der Waals surface area contributed by atoms with Crippen LogP contribution in [0.3, 0.4) is 0 Å². The van der Waals surface area contributed by atoms with Crippen LogP contribution >= 0.6 is 7.60 Å². The first kappa shape index (κ1) is 37.8. The number of carbonyl (C=O) groups excluding carboxylic acids is 1. The zero-order valence-corrected chi connectivity index (χ0v) is 28.0. The first-order chi connectivity index (χ1) is 21.1. The molecule has 0 aromatic heterocycles. The monoisotopic (exact) mass is 633 g/mol. The van der Waals surface area contributed by atoms with E-state index in [1.165, 1.54) is 64.2 Å². The van der Waals surface area contributed by atoms with Crippen LogP contribution in [-0.4, -0.2) is 46.2 Å². The minimum atomic E-state index is -4.46. The maximum atomic E-state index is 12.7. The fourth-order valence-corrected chi connectivity index (χ4v) is 6.15. The molecule has 0 bridgehead atoms. The Morgan fingerprint density at radius 3 is 1.91 bits per heavy atom. The van der Waals surface area contributed by atoms with Crippen LogP contribution in [0.1, 0.15) is 114 Å². The van der Waals surface area contributed by atoms with Gasteiger partial charge in [0.2, 0.25) is 5.91 Å². The molecular formula is C35H56NO7P. The van der Waals surface area contributed by atoms with Gasteiger partial charge in [0, 0.05) is 6.42 Å². The summed E-state index contributed by atoms with van der Waals surface area (Å²) in [4.78, 5) is 31.6. The van der Waals surface area contributed by atoms with E-state index in [-0.39, 0.29) is 12.3 Å². The molecule has 0 aliphatic rings. The van der Waals surface area contributed by atoms with Gasteiger partial charge in [-0.25, -0.2) is 0 Å². The van der Waals surface area contributed by atoms with Gasteiger partial charge < -0.3 is 29.7 Å². The molecule has 2 aromatic rings. The van der Waals surface area contributed by atoms with Gasteiger partial charge in [0.25, 0.3) is 0 Å². The third kappa shape index (κ3) is 16.6. The molecule has 9 heteroatoms. The van der Waals surface area contributed by atoms with Crippen molar-refractivity contribution in [1.82, 2.24) is 5.32 Å². The first-order valence-corrected chi connectivity index (χ1v) is 18.3. The number of hydrogen-bond acceptors (Lipinski definition) is 5. The zero-order valence-electron chi connectivity index (χ0n) is 27.1. The molecule has 8 nitrogen and oxygen atoms in total. The predicted molar refractivity (Wildman–Crippen MR) is 177 cm³/mol. The molecular weight excluding hydrogens is 577 g/mol. The molecule has 0 aliphatic carbocycles. The van der Waals surface area contributed by atoms with Gasteiger partial charge in [0.1, 0.15) is 18.1 Å². The first-order valence-electron chi connectivity index (χ1n) is 16.5. The Balaban J connectivity index is 1.76. The second-order valence-corrected chi connectivity index (χ2v) is 13.7. The zero-order chi connectivity index (χ0) is 32.2. The lowest BCUT2D eigenvalue weighted by atomic mass is 10.0. The fraction of sp³-hybridized carbons (Fsp3) is 0.629. The van der Waals surface area contributed by atoms with Crippen molar-refractivity contribution < 1.29 is 33.7 Å². The van der Waals surface area contributed by atoms with Crippen LogP contribution in [0.25, 0.3) is 0 Å². The van der Waals surface area contributed by atoms with Crippen molar-refractivity contribution >= 4 is 13.5 Å². The predicted octanol–water partition coefficient (Wildman–Crippen LogP) is 7.63. The number of benzene rings is 2. The van der Waals surface area contributed by atoms with Gasteiger partial charge in [-0.2, -0.15) is 0 Å². The number of amides is 1. The van der Waals surface area contributed by atoms with Crippen LogP contribution in [0.15, 0.2) is 42.5 Å². The molecule has 0 saturated carbocycles. The van der Waals surface area contributed by atoms with E-state index in [1.54, 1.807) is 7.11 Å². The van der Waals surface area contributed by atoms with E-state index in [1.807, 2.05) is 49.4 Å². The number of carbonyl (C=O) groups is 1. The minimum Gasteiger partial charge on any atom is -0.496 e. The molecule has 0 saturated heterocycles. The van der Waals surface area contributed by atoms with Crippen molar-refractivity contribution in [2.45, 2.75) is 129 Å². The average molecular weight is 634 g/mol. The molecule has 0 spiro atoms. The standard InChI is InChI=1S/C35H56NO7P/c1-4-5-6-7-8-9-10-11-12-13-14-15-16-17-35(38)36-32(33(37)27-44(39,40)41)25-29-18-21-31(22-19-29)43-26-30-20-23-34(42-3)28(2)24-30/h18-24,32-33,37H,4-17,25-27H2,1-3H3,(H,36,38)(H2,39,40,41)/t32-,33-/m0/s1. The van der Waals surface area contributed by atoms with Gasteiger partial charge in [-0.3, -0.25) is 9.36 Å². The van der Waals surface area contributed by atoms with Crippen molar-refractivity contribution in [1.29, 1.82) is 0 Å². The lowest BCUT2D eigenvalue weighted by Gasteiger charge is -2.25. The van der Waals surface area contributed by atoms with E-state index in [2.05, 4.69) is 12.2 Å². The maximum Gasteiger partial charge on any atom is 0.328 e. The summed E-state index contributed by atoms with van der Waals surface area (Å²) in [5, 5.41) is 13.5. The molecule has 2 atom stereocenters. The Bertz CT molecular complexity index is 1120. The van der Waals surface area contributed by atoms with Gasteiger partial charge in [-0.15, -0.1) is 0 Å². The van der Waals surface area contributed by atoms with Crippen molar-refractivity contribution in [3.05, 3.63) is 59.2 Å². The molecule has 44 heavy (non-hydrogen) atoms. The van der Waals surface area contributed by atoms with E-state index in [0.29, 0.717) is 18.8 Å². The molecule has 4 N–H and O–H groups in total. The SMILES string of the molecule is CCCCCCCCCCCCCCCC(=O)N[C@@H](Cc1ccc(OCc2ccc(OC)c(C)c2)cc1)[C@@H](O)CP(=O)(O)O. The molecule has 248 valence electrons. The van der Waals surface area contributed by atoms with Crippen LogP contribution in [0, 0.1) is 6.92 Å². The van der Waals surface area contributed by atoms with Gasteiger partial charge in [-0.1, -0.05) is 102 Å². The van der Waals surface area contributed by atoms with Crippen LogP contribution in [-0.2, 0) is 22.4 Å². The molecule has 0 heterocycles. The molecule has 0 fully saturated rings. The summed E-state index contributed by atoms with van der Waals surface area (Å²) in [5.74, 6) is 1.28. The van der Waals surface area contributed by atoms with Crippen molar-refractivity contribution in [2.24, 2.45) is 0 Å². The van der Waals surface area contributed by atoms with Gasteiger partial charge >= 0.3 is 7.60 Å². The molecule has 0 radical (unpaired) electrons. The van der Waals surface area contributed by atoms with Crippen molar-refractivity contribution in [3.63, 3.8) is 0 Å². The van der Waals surface area contributed by atoms with Crippen LogP contribution in [0.2, 0.25) is 0 Å². The van der Waals surface area contributed by atoms with Gasteiger partial charge in [0.05, 0.1) is 25.4 Å². The summed E-state index contributed by atoms with van der Waals surface area (Å²) in [5.41, 5.74) is 2.85. The van der Waals surface area contributed by atoms with Crippen LogP contribution in [0.4, 0.5) is 0 Å². The van der Waals surface area contributed by atoms with Gasteiger partial charge in [-0.05, 0) is 60.7 Å². The summed E-state index contributed by atoms with van der Waals surface area (Å²) < 4.78 is 22.8. The van der Waals surface area contributed by atoms with Crippen molar-refractivity contribution in [2.75, 3.05) is 13.3 Å². The van der Waals surface area contributed by atoms with E-state index < -0.39 is 25.9 Å². The summed E-state index contributed by atoms with van der Waals surface area (Å²) in [6.45, 7) is 4.61. The molecule has 2 rings (SSSR count). The molecule has 0 unspecified atom stereocenters. The summed E-state index contributed by atoms with van der Waals surface area (Å²) >= 11 is 0. The summed E-state index contributed by atoms with van der Waals surface area (Å²) in [7, 11) is -2.82. The lowest BCUT2D eigenvalue weighted by Crippen LogP contribution is -2.46. The number of unbranched alkanes of at least 4 members (excludes halogenated alkanes) is 12.